The van der Waals surface area contributed by atoms with E-state index in [-0.39, 0.29) is 0 Å². The Labute approximate surface area is 44.1 Å². The Bertz CT molecular complexity index is 10.8. The van der Waals surface area contributed by atoms with Gasteiger partial charge >= 0.3 is 44.0 Å². The van der Waals surface area contributed by atoms with Crippen molar-refractivity contribution in [3.63, 3.8) is 0 Å². The molecule has 0 aromatic rings. The Morgan fingerprint density at radius 1 is 1.50 bits per heavy atom. The third kappa shape index (κ3) is 10.2. The van der Waals surface area contributed by atoms with Crippen LogP contribution in [-0.2, 0) is 0 Å². The monoisotopic (exact) mass is 176 g/mol. The zero-order valence-corrected chi connectivity index (χ0v) is 9.20. The molecule has 0 N–H and O–H groups in total. The van der Waals surface area contributed by atoms with E-state index in [0.717, 1.165) is 15.9 Å². The molecule has 0 aliphatic heterocycles. The Kier molecular flexibility index (Phi) is 3.43. The predicted octanol–water partition coefficient (Wildman–Crippen LogP) is -0.453. The first-order valence-corrected chi connectivity index (χ1v) is 12.9. The molecule has 0 saturated carbocycles. The van der Waals surface area contributed by atoms with Crippen LogP contribution < -0.4 is 0 Å². The Morgan fingerprint density at radius 2 is 1.50 bits per heavy atom. The fourth-order valence-corrected chi connectivity index (χ4v) is 0. The van der Waals surface area contributed by atoms with Crippen LogP contribution in [0.4, 0.5) is 0 Å². The number of hydrogen-bond donors (Lipinski definition) is 0. The minimum atomic E-state index is -1.01. The first kappa shape index (κ1) is 5.34. The summed E-state index contributed by atoms with van der Waals surface area (Å²) in [7, 11) is 0. The average Bonchev–Trinajstić information content (AvgIpc) is 0.811. The van der Waals surface area contributed by atoms with Gasteiger partial charge in [-0.2, -0.15) is 0 Å². The van der Waals surface area contributed by atoms with Gasteiger partial charge in [0.15, 0.2) is 0 Å². The van der Waals surface area contributed by atoms with Gasteiger partial charge in [-0.05, 0) is 0 Å². The summed E-state index contributed by atoms with van der Waals surface area (Å²) in [5, 5.41) is 0. The minimum absolute atomic E-state index is 0.732. The second-order valence-electron chi connectivity index (χ2n) is 0.519. The normalized spacial score (nSPS) is 9.75. The fraction of sp³-hybridized carbons (Fsp3) is 0. The summed E-state index contributed by atoms with van der Waals surface area (Å²) in [4.78, 5) is 0. The molecule has 0 unspecified atom stereocenters. The molecular formula is H4Cl2GeSi. The summed E-state index contributed by atoms with van der Waals surface area (Å²) < 4.78 is 0. The van der Waals surface area contributed by atoms with Crippen molar-refractivity contribution < 1.29 is 0 Å². The van der Waals surface area contributed by atoms with Crippen molar-refractivity contribution in [1.29, 1.82) is 0 Å². The zero-order valence-electron chi connectivity index (χ0n) is 2.33. The molecule has 0 bridgehead atoms. The maximum absolute atomic E-state index is 5.26. The van der Waals surface area contributed by atoms with Gasteiger partial charge in [0.05, 0.1) is 0 Å². The van der Waals surface area contributed by atoms with E-state index in [2.05, 4.69) is 0 Å². The molecule has 0 aliphatic rings. The van der Waals surface area contributed by atoms with Gasteiger partial charge in [0.25, 0.3) is 0 Å². The number of halogens is 2. The van der Waals surface area contributed by atoms with Crippen LogP contribution in [0.25, 0.3) is 0 Å². The molecule has 0 nitrogen and oxygen atoms in total. The Balaban J connectivity index is 2.32. The molecule has 0 rings (SSSR count). The molecular weight excluding hydrogens is 172 g/mol. The summed E-state index contributed by atoms with van der Waals surface area (Å²) >= 11 is 11.3. The molecule has 0 saturated heterocycles. The van der Waals surface area contributed by atoms with Crippen molar-refractivity contribution in [3.8, 4) is 0 Å². The van der Waals surface area contributed by atoms with Gasteiger partial charge in [0, 0.05) is 0 Å². The van der Waals surface area contributed by atoms with Crippen molar-refractivity contribution in [2.45, 2.75) is 0 Å². The predicted molar refractivity (Wildman–Crippen MR) is 28.8 cm³/mol. The van der Waals surface area contributed by atoms with Crippen LogP contribution in [0, 0.1) is 0 Å². The van der Waals surface area contributed by atoms with Crippen LogP contribution in [0.3, 0.4) is 0 Å². The second kappa shape index (κ2) is 2.57. The van der Waals surface area contributed by atoms with E-state index >= 15 is 0 Å². The molecule has 0 atom stereocenters. The SMILES string of the molecule is Cl[SiH](Cl)[GeH3]. The topological polar surface area (TPSA) is 0 Å². The number of hydrogen-bond acceptors (Lipinski definition) is 0. The quantitative estimate of drug-likeness (QED) is 0.346. The molecule has 0 spiro atoms. The standard InChI is InChI=1S/Cl2GeH4Si/c1-4(2)3/h4H,3H3. The summed E-state index contributed by atoms with van der Waals surface area (Å²) in [5.41, 5.74) is 0. The first-order chi connectivity index (χ1) is 1.73. The molecule has 0 aromatic carbocycles. The van der Waals surface area contributed by atoms with Crippen molar-refractivity contribution in [2.24, 2.45) is 0 Å². The van der Waals surface area contributed by atoms with Crippen molar-refractivity contribution in [2.75, 3.05) is 0 Å². The van der Waals surface area contributed by atoms with Crippen LogP contribution in [0.15, 0.2) is 0 Å². The summed E-state index contributed by atoms with van der Waals surface area (Å²) in [6.07, 6.45) is 0. The molecule has 26 valence electrons. The summed E-state index contributed by atoms with van der Waals surface area (Å²) in [5.74, 6) is -1.01. The number of rotatable bonds is 0. The van der Waals surface area contributed by atoms with Crippen LogP contribution in [0.1, 0.15) is 0 Å². The van der Waals surface area contributed by atoms with Gasteiger partial charge in [-0.25, -0.2) is 0 Å². The van der Waals surface area contributed by atoms with Gasteiger partial charge in [-0.1, -0.05) is 0 Å². The fourth-order valence-electron chi connectivity index (χ4n) is 0. The zero-order chi connectivity index (χ0) is 3.58. The van der Waals surface area contributed by atoms with Crippen molar-refractivity contribution in [1.82, 2.24) is 0 Å². The molecule has 0 fully saturated rings. The average molecular weight is 176 g/mol. The molecule has 0 radical (unpaired) electrons. The molecule has 0 heterocycles. The van der Waals surface area contributed by atoms with Gasteiger partial charge in [0.2, 0.25) is 0 Å². The third-order valence-corrected chi connectivity index (χ3v) is 0. The van der Waals surface area contributed by atoms with E-state index in [1.54, 1.807) is 0 Å². The van der Waals surface area contributed by atoms with E-state index in [1.165, 1.54) is 0 Å². The Hall–Kier alpha value is 1.34. The summed E-state index contributed by atoms with van der Waals surface area (Å²) in [6.45, 7) is 0. The van der Waals surface area contributed by atoms with Gasteiger partial charge in [0.1, 0.15) is 0 Å². The Morgan fingerprint density at radius 3 is 1.50 bits per heavy atom. The van der Waals surface area contributed by atoms with E-state index in [0.29, 0.717) is 0 Å². The van der Waals surface area contributed by atoms with E-state index < -0.39 is 5.94 Å². The molecule has 0 aromatic heterocycles. The van der Waals surface area contributed by atoms with Gasteiger partial charge < -0.3 is 0 Å². The van der Waals surface area contributed by atoms with Crippen molar-refractivity contribution >= 4 is 44.0 Å². The van der Waals surface area contributed by atoms with Crippen LogP contribution in [0.2, 0.25) is 0 Å². The van der Waals surface area contributed by atoms with Crippen LogP contribution >= 0.6 is 22.2 Å². The molecule has 0 amide bonds. The first-order valence-electron chi connectivity index (χ1n) is 1.01. The molecule has 0 aliphatic carbocycles. The van der Waals surface area contributed by atoms with Crippen molar-refractivity contribution in [3.05, 3.63) is 0 Å². The van der Waals surface area contributed by atoms with E-state index in [1.807, 2.05) is 0 Å². The third-order valence-electron chi connectivity index (χ3n) is 0. The van der Waals surface area contributed by atoms with Gasteiger partial charge in [-0.15, -0.1) is 0 Å². The van der Waals surface area contributed by atoms with E-state index in [4.69, 9.17) is 22.2 Å². The maximum atomic E-state index is 5.26. The van der Waals surface area contributed by atoms with Crippen LogP contribution in [-0.4, -0.2) is 21.8 Å². The molecule has 4 heavy (non-hydrogen) atoms. The molecule has 4 heteroatoms. The second-order valence-corrected chi connectivity index (χ2v) is 22.6. The van der Waals surface area contributed by atoms with Crippen LogP contribution in [0.5, 0.6) is 0 Å². The van der Waals surface area contributed by atoms with E-state index in [9.17, 15) is 0 Å². The summed E-state index contributed by atoms with van der Waals surface area (Å²) in [6, 6.07) is 0. The van der Waals surface area contributed by atoms with Gasteiger partial charge in [-0.3, -0.25) is 0 Å².